The maximum absolute atomic E-state index is 12.8. The Labute approximate surface area is 73.4 Å². The molecule has 0 saturated carbocycles. The molecule has 0 heterocycles. The van der Waals surface area contributed by atoms with E-state index in [1.165, 1.54) is 18.4 Å². The molecule has 0 amide bonds. The molecule has 0 unspecified atom stereocenters. The highest BCUT2D eigenvalue weighted by atomic mass is 19.1. The third kappa shape index (κ3) is 2.33. The number of aryl methyl sites for hydroxylation is 2. The summed E-state index contributed by atoms with van der Waals surface area (Å²) in [5.41, 5.74) is 2.00. The third-order valence-corrected chi connectivity index (χ3v) is 2.04. The van der Waals surface area contributed by atoms with Gasteiger partial charge in [-0.25, -0.2) is 4.39 Å². The number of halogens is 1. The van der Waals surface area contributed by atoms with Gasteiger partial charge in [0.15, 0.2) is 0 Å². The average molecular weight is 166 g/mol. The van der Waals surface area contributed by atoms with Crippen LogP contribution in [-0.4, -0.2) is 0 Å². The summed E-state index contributed by atoms with van der Waals surface area (Å²) in [7, 11) is 0. The van der Waals surface area contributed by atoms with E-state index >= 15 is 0 Å². The first-order valence-electron chi connectivity index (χ1n) is 4.49. The first-order chi connectivity index (χ1) is 5.74. The molecule has 0 aliphatic heterocycles. The van der Waals surface area contributed by atoms with Crippen LogP contribution < -0.4 is 0 Å². The molecule has 0 nitrogen and oxygen atoms in total. The van der Waals surface area contributed by atoms with Gasteiger partial charge in [0.2, 0.25) is 0 Å². The zero-order valence-electron chi connectivity index (χ0n) is 7.73. The third-order valence-electron chi connectivity index (χ3n) is 2.04. The maximum atomic E-state index is 12.8. The van der Waals surface area contributed by atoms with Gasteiger partial charge in [0.05, 0.1) is 0 Å². The number of rotatable bonds is 3. The van der Waals surface area contributed by atoms with Crippen LogP contribution in [0.25, 0.3) is 0 Å². The molecule has 0 radical (unpaired) electrons. The van der Waals surface area contributed by atoms with Gasteiger partial charge >= 0.3 is 0 Å². The van der Waals surface area contributed by atoms with Crippen molar-refractivity contribution in [3.8, 4) is 0 Å². The van der Waals surface area contributed by atoms with Crippen LogP contribution in [0.15, 0.2) is 18.2 Å². The Bertz CT molecular complexity index is 253. The second kappa shape index (κ2) is 4.24. The summed E-state index contributed by atoms with van der Waals surface area (Å²) >= 11 is 0. The molecule has 1 heteroatoms. The fourth-order valence-corrected chi connectivity index (χ4v) is 1.24. The largest absolute Gasteiger partial charge is 0.207 e. The first kappa shape index (κ1) is 9.24. The number of hydrogen-bond donors (Lipinski definition) is 0. The minimum atomic E-state index is -0.102. The smallest absolute Gasteiger partial charge is 0.126 e. The molecule has 1 aromatic rings. The molecule has 0 aromatic heterocycles. The Morgan fingerprint density at radius 2 is 2.08 bits per heavy atom. The van der Waals surface area contributed by atoms with E-state index in [2.05, 4.69) is 6.92 Å². The summed E-state index contributed by atoms with van der Waals surface area (Å²) < 4.78 is 12.8. The van der Waals surface area contributed by atoms with Crippen molar-refractivity contribution in [1.82, 2.24) is 0 Å². The van der Waals surface area contributed by atoms with Gasteiger partial charge < -0.3 is 0 Å². The molecule has 0 spiro atoms. The lowest BCUT2D eigenvalue weighted by molar-refractivity contribution is 0.617. The van der Waals surface area contributed by atoms with Gasteiger partial charge in [0.1, 0.15) is 5.82 Å². The molecule has 0 bridgehead atoms. The minimum absolute atomic E-state index is 0.102. The van der Waals surface area contributed by atoms with E-state index in [0.717, 1.165) is 12.0 Å². The molecule has 0 aliphatic carbocycles. The Morgan fingerprint density at radius 1 is 1.33 bits per heavy atom. The Kier molecular flexibility index (Phi) is 3.27. The van der Waals surface area contributed by atoms with Gasteiger partial charge in [-0.3, -0.25) is 0 Å². The van der Waals surface area contributed by atoms with Crippen LogP contribution >= 0.6 is 0 Å². The second-order valence-corrected chi connectivity index (χ2v) is 3.19. The summed E-state index contributed by atoms with van der Waals surface area (Å²) in [6.45, 7) is 3.97. The fourth-order valence-electron chi connectivity index (χ4n) is 1.24. The molecule has 0 atom stereocenters. The summed E-state index contributed by atoms with van der Waals surface area (Å²) in [5, 5.41) is 0. The van der Waals surface area contributed by atoms with Crippen molar-refractivity contribution in [2.75, 3.05) is 0 Å². The van der Waals surface area contributed by atoms with Crippen molar-refractivity contribution in [2.24, 2.45) is 0 Å². The van der Waals surface area contributed by atoms with Crippen LogP contribution in [0.5, 0.6) is 0 Å². The van der Waals surface area contributed by atoms with Crippen LogP contribution in [0.2, 0.25) is 0 Å². The second-order valence-electron chi connectivity index (χ2n) is 3.19. The lowest BCUT2D eigenvalue weighted by Gasteiger charge is -2.01. The van der Waals surface area contributed by atoms with Gasteiger partial charge in [-0.1, -0.05) is 25.5 Å². The van der Waals surface area contributed by atoms with Crippen molar-refractivity contribution in [1.29, 1.82) is 0 Å². The van der Waals surface area contributed by atoms with E-state index in [9.17, 15) is 4.39 Å². The lowest BCUT2D eigenvalue weighted by atomic mass is 10.1. The summed E-state index contributed by atoms with van der Waals surface area (Å²) in [6, 6.07) is 5.36. The number of unbranched alkanes of at least 4 members (excludes halogenated alkanes) is 1. The summed E-state index contributed by atoms with van der Waals surface area (Å²) in [6.07, 6.45) is 3.44. The van der Waals surface area contributed by atoms with E-state index in [0.29, 0.717) is 0 Å². The van der Waals surface area contributed by atoms with E-state index in [4.69, 9.17) is 0 Å². The minimum Gasteiger partial charge on any atom is -0.207 e. The summed E-state index contributed by atoms with van der Waals surface area (Å²) in [4.78, 5) is 0. The van der Waals surface area contributed by atoms with E-state index < -0.39 is 0 Å². The molecule has 66 valence electrons. The van der Waals surface area contributed by atoms with Gasteiger partial charge in [0, 0.05) is 0 Å². The van der Waals surface area contributed by atoms with Crippen molar-refractivity contribution in [2.45, 2.75) is 33.1 Å². The molecule has 0 N–H and O–H groups in total. The highest BCUT2D eigenvalue weighted by Crippen LogP contribution is 2.11. The molecule has 0 fully saturated rings. The first-order valence-corrected chi connectivity index (χ1v) is 4.49. The van der Waals surface area contributed by atoms with Crippen molar-refractivity contribution < 1.29 is 4.39 Å². The SMILES string of the molecule is CCCCc1ccc(F)c(C)c1. The molecule has 1 rings (SSSR count). The molecule has 1 aromatic carbocycles. The van der Waals surface area contributed by atoms with E-state index in [1.54, 1.807) is 6.07 Å². The number of benzene rings is 1. The van der Waals surface area contributed by atoms with Crippen LogP contribution in [0.4, 0.5) is 4.39 Å². The van der Waals surface area contributed by atoms with Gasteiger partial charge in [0.25, 0.3) is 0 Å². The van der Waals surface area contributed by atoms with E-state index in [-0.39, 0.29) is 5.82 Å². The van der Waals surface area contributed by atoms with Crippen molar-refractivity contribution in [3.63, 3.8) is 0 Å². The molecule has 0 aliphatic rings. The molecule has 0 saturated heterocycles. The Hall–Kier alpha value is -0.850. The predicted molar refractivity (Wildman–Crippen MR) is 49.7 cm³/mol. The van der Waals surface area contributed by atoms with Gasteiger partial charge in [-0.15, -0.1) is 0 Å². The maximum Gasteiger partial charge on any atom is 0.126 e. The zero-order chi connectivity index (χ0) is 8.97. The quantitative estimate of drug-likeness (QED) is 0.645. The predicted octanol–water partition coefficient (Wildman–Crippen LogP) is 3.48. The highest BCUT2D eigenvalue weighted by molar-refractivity contribution is 5.23. The highest BCUT2D eigenvalue weighted by Gasteiger charge is 1.97. The van der Waals surface area contributed by atoms with Crippen LogP contribution in [-0.2, 0) is 6.42 Å². The fraction of sp³-hybridized carbons (Fsp3) is 0.455. The molecular weight excluding hydrogens is 151 g/mol. The normalized spacial score (nSPS) is 10.2. The summed E-state index contributed by atoms with van der Waals surface area (Å²) in [5.74, 6) is -0.102. The average Bonchev–Trinajstić information content (AvgIpc) is 2.07. The van der Waals surface area contributed by atoms with E-state index in [1.807, 2.05) is 19.1 Å². The molecule has 12 heavy (non-hydrogen) atoms. The Morgan fingerprint density at radius 3 is 2.67 bits per heavy atom. The van der Waals surface area contributed by atoms with Gasteiger partial charge in [-0.05, 0) is 37.0 Å². The Balaban J connectivity index is 2.69. The standard InChI is InChI=1S/C11H15F/c1-3-4-5-10-6-7-11(12)9(2)8-10/h6-8H,3-5H2,1-2H3. The van der Waals surface area contributed by atoms with Crippen LogP contribution in [0.3, 0.4) is 0 Å². The lowest BCUT2D eigenvalue weighted by Crippen LogP contribution is -1.88. The number of hydrogen-bond acceptors (Lipinski definition) is 0. The van der Waals surface area contributed by atoms with Crippen molar-refractivity contribution in [3.05, 3.63) is 35.1 Å². The monoisotopic (exact) mass is 166 g/mol. The van der Waals surface area contributed by atoms with Crippen LogP contribution in [0.1, 0.15) is 30.9 Å². The zero-order valence-corrected chi connectivity index (χ0v) is 7.73. The van der Waals surface area contributed by atoms with Crippen molar-refractivity contribution >= 4 is 0 Å². The van der Waals surface area contributed by atoms with Crippen LogP contribution in [0, 0.1) is 12.7 Å². The van der Waals surface area contributed by atoms with Gasteiger partial charge in [-0.2, -0.15) is 0 Å². The molecular formula is C11H15F. The topological polar surface area (TPSA) is 0 Å².